The standard InChI is InChI=1S/C13H19BrN2/c1-16-7-5-12(13(15)6-8-16)10-3-2-4-11(14)9-10/h2-4,9,12-13H,5-8,15H2,1H3. The molecule has 0 spiro atoms. The van der Waals surface area contributed by atoms with E-state index in [9.17, 15) is 0 Å². The Balaban J connectivity index is 2.18. The second kappa shape index (κ2) is 5.30. The van der Waals surface area contributed by atoms with E-state index in [1.165, 1.54) is 5.56 Å². The number of hydrogen-bond donors (Lipinski definition) is 1. The van der Waals surface area contributed by atoms with Gasteiger partial charge in [0.05, 0.1) is 0 Å². The van der Waals surface area contributed by atoms with Crippen molar-refractivity contribution in [1.29, 1.82) is 0 Å². The molecular weight excluding hydrogens is 264 g/mol. The number of nitrogens with two attached hydrogens (primary N) is 1. The van der Waals surface area contributed by atoms with Gasteiger partial charge in [0.25, 0.3) is 0 Å². The summed E-state index contributed by atoms with van der Waals surface area (Å²) in [5, 5.41) is 0. The van der Waals surface area contributed by atoms with E-state index in [4.69, 9.17) is 5.73 Å². The maximum Gasteiger partial charge on any atom is 0.0178 e. The van der Waals surface area contributed by atoms with Gasteiger partial charge in [0, 0.05) is 16.4 Å². The van der Waals surface area contributed by atoms with Crippen LogP contribution in [0.25, 0.3) is 0 Å². The molecule has 2 N–H and O–H groups in total. The van der Waals surface area contributed by atoms with Crippen LogP contribution in [0.1, 0.15) is 24.3 Å². The predicted octanol–water partition coefficient (Wildman–Crippen LogP) is 2.59. The SMILES string of the molecule is CN1CCC(N)C(c2cccc(Br)c2)CC1. The van der Waals surface area contributed by atoms with Gasteiger partial charge in [0.1, 0.15) is 0 Å². The molecule has 1 aliphatic rings. The Kier molecular flexibility index (Phi) is 4.00. The molecule has 0 aliphatic carbocycles. The average molecular weight is 283 g/mol. The molecule has 1 heterocycles. The summed E-state index contributed by atoms with van der Waals surface area (Å²) < 4.78 is 1.15. The van der Waals surface area contributed by atoms with Crippen molar-refractivity contribution < 1.29 is 0 Å². The van der Waals surface area contributed by atoms with Crippen molar-refractivity contribution in [2.45, 2.75) is 24.8 Å². The highest BCUT2D eigenvalue weighted by Crippen LogP contribution is 2.28. The Hall–Kier alpha value is -0.380. The zero-order chi connectivity index (χ0) is 11.5. The van der Waals surface area contributed by atoms with Gasteiger partial charge in [-0.15, -0.1) is 0 Å². The number of likely N-dealkylation sites (tertiary alicyclic amines) is 1. The van der Waals surface area contributed by atoms with Crippen molar-refractivity contribution in [3.63, 3.8) is 0 Å². The number of hydrogen-bond acceptors (Lipinski definition) is 2. The second-order valence-electron chi connectivity index (χ2n) is 4.71. The van der Waals surface area contributed by atoms with Crippen LogP contribution in [0.4, 0.5) is 0 Å². The van der Waals surface area contributed by atoms with E-state index in [2.05, 4.69) is 52.1 Å². The van der Waals surface area contributed by atoms with Crippen LogP contribution in [0.5, 0.6) is 0 Å². The Morgan fingerprint density at radius 1 is 1.31 bits per heavy atom. The highest BCUT2D eigenvalue weighted by atomic mass is 79.9. The van der Waals surface area contributed by atoms with Gasteiger partial charge in [0.2, 0.25) is 0 Å². The molecule has 1 aliphatic heterocycles. The van der Waals surface area contributed by atoms with Gasteiger partial charge < -0.3 is 10.6 Å². The van der Waals surface area contributed by atoms with Crippen LogP contribution < -0.4 is 5.73 Å². The minimum absolute atomic E-state index is 0.291. The zero-order valence-electron chi connectivity index (χ0n) is 9.70. The summed E-state index contributed by atoms with van der Waals surface area (Å²) >= 11 is 3.53. The molecule has 0 aromatic heterocycles. The maximum atomic E-state index is 6.28. The zero-order valence-corrected chi connectivity index (χ0v) is 11.3. The molecule has 3 heteroatoms. The van der Waals surface area contributed by atoms with Gasteiger partial charge in [0.15, 0.2) is 0 Å². The number of benzene rings is 1. The molecule has 2 rings (SSSR count). The molecule has 1 aromatic rings. The first-order valence-corrected chi connectivity index (χ1v) is 6.65. The molecule has 2 nitrogen and oxygen atoms in total. The first kappa shape index (κ1) is 12.1. The van der Waals surface area contributed by atoms with E-state index >= 15 is 0 Å². The molecular formula is C13H19BrN2. The van der Waals surface area contributed by atoms with Crippen LogP contribution in [-0.2, 0) is 0 Å². The van der Waals surface area contributed by atoms with E-state index in [0.717, 1.165) is 30.4 Å². The van der Waals surface area contributed by atoms with Crippen molar-refractivity contribution >= 4 is 15.9 Å². The fourth-order valence-corrected chi connectivity index (χ4v) is 2.82. The van der Waals surface area contributed by atoms with Gasteiger partial charge in [-0.2, -0.15) is 0 Å². The van der Waals surface area contributed by atoms with Gasteiger partial charge in [-0.25, -0.2) is 0 Å². The number of halogens is 1. The normalized spacial score (nSPS) is 27.7. The average Bonchev–Trinajstić information content (AvgIpc) is 2.42. The molecule has 88 valence electrons. The molecule has 0 saturated carbocycles. The van der Waals surface area contributed by atoms with Crippen molar-refractivity contribution in [2.24, 2.45) is 5.73 Å². The third-order valence-electron chi connectivity index (χ3n) is 3.46. The van der Waals surface area contributed by atoms with Gasteiger partial charge in [-0.05, 0) is 50.7 Å². The lowest BCUT2D eigenvalue weighted by Gasteiger charge is -2.21. The van der Waals surface area contributed by atoms with Gasteiger partial charge in [-0.1, -0.05) is 28.1 Å². The van der Waals surface area contributed by atoms with E-state index in [1.807, 2.05) is 0 Å². The summed E-state index contributed by atoms with van der Waals surface area (Å²) in [5.41, 5.74) is 7.65. The fourth-order valence-electron chi connectivity index (χ4n) is 2.41. The van der Waals surface area contributed by atoms with Crippen LogP contribution in [0.2, 0.25) is 0 Å². The van der Waals surface area contributed by atoms with Crippen molar-refractivity contribution in [3.8, 4) is 0 Å². The number of nitrogens with zero attached hydrogens (tertiary/aromatic N) is 1. The summed E-state index contributed by atoms with van der Waals surface area (Å²) in [5.74, 6) is 0.502. The smallest absolute Gasteiger partial charge is 0.0178 e. The molecule has 1 saturated heterocycles. The molecule has 0 bridgehead atoms. The van der Waals surface area contributed by atoms with Crippen molar-refractivity contribution in [2.75, 3.05) is 20.1 Å². The molecule has 0 radical (unpaired) electrons. The largest absolute Gasteiger partial charge is 0.327 e. The second-order valence-corrected chi connectivity index (χ2v) is 5.62. The van der Waals surface area contributed by atoms with Gasteiger partial charge in [-0.3, -0.25) is 0 Å². The summed E-state index contributed by atoms with van der Waals surface area (Å²) in [4.78, 5) is 2.37. The first-order chi connectivity index (χ1) is 7.66. The third kappa shape index (κ3) is 2.84. The Labute approximate surface area is 106 Å². The van der Waals surface area contributed by atoms with E-state index in [-0.39, 0.29) is 0 Å². The molecule has 1 fully saturated rings. The molecule has 16 heavy (non-hydrogen) atoms. The highest BCUT2D eigenvalue weighted by molar-refractivity contribution is 9.10. The first-order valence-electron chi connectivity index (χ1n) is 5.86. The van der Waals surface area contributed by atoms with Gasteiger partial charge >= 0.3 is 0 Å². The fraction of sp³-hybridized carbons (Fsp3) is 0.538. The lowest BCUT2D eigenvalue weighted by molar-refractivity contribution is 0.346. The quantitative estimate of drug-likeness (QED) is 0.858. The topological polar surface area (TPSA) is 29.3 Å². The summed E-state index contributed by atoms with van der Waals surface area (Å²) in [7, 11) is 2.18. The minimum Gasteiger partial charge on any atom is -0.327 e. The lowest BCUT2D eigenvalue weighted by atomic mass is 9.88. The lowest BCUT2D eigenvalue weighted by Crippen LogP contribution is -2.28. The van der Waals surface area contributed by atoms with E-state index in [0.29, 0.717) is 12.0 Å². The van der Waals surface area contributed by atoms with Crippen LogP contribution >= 0.6 is 15.9 Å². The minimum atomic E-state index is 0.291. The highest BCUT2D eigenvalue weighted by Gasteiger charge is 2.23. The molecule has 2 unspecified atom stereocenters. The summed E-state index contributed by atoms with van der Waals surface area (Å²) in [6.45, 7) is 2.26. The van der Waals surface area contributed by atoms with E-state index in [1.54, 1.807) is 0 Å². The molecule has 0 amide bonds. The summed E-state index contributed by atoms with van der Waals surface area (Å²) in [6, 6.07) is 8.86. The molecule has 1 aromatic carbocycles. The maximum absolute atomic E-state index is 6.28. The molecule has 2 atom stereocenters. The monoisotopic (exact) mass is 282 g/mol. The third-order valence-corrected chi connectivity index (χ3v) is 3.95. The predicted molar refractivity (Wildman–Crippen MR) is 71.6 cm³/mol. The Morgan fingerprint density at radius 2 is 2.06 bits per heavy atom. The Bertz CT molecular complexity index is 354. The van der Waals surface area contributed by atoms with Crippen LogP contribution in [-0.4, -0.2) is 31.1 Å². The number of rotatable bonds is 1. The van der Waals surface area contributed by atoms with Crippen LogP contribution in [0, 0.1) is 0 Å². The van der Waals surface area contributed by atoms with Crippen LogP contribution in [0.3, 0.4) is 0 Å². The van der Waals surface area contributed by atoms with Crippen molar-refractivity contribution in [1.82, 2.24) is 4.90 Å². The summed E-state index contributed by atoms with van der Waals surface area (Å²) in [6.07, 6.45) is 2.25. The van der Waals surface area contributed by atoms with Crippen LogP contribution in [0.15, 0.2) is 28.7 Å². The Morgan fingerprint density at radius 3 is 2.81 bits per heavy atom. The van der Waals surface area contributed by atoms with E-state index < -0.39 is 0 Å². The van der Waals surface area contributed by atoms with Crippen molar-refractivity contribution in [3.05, 3.63) is 34.3 Å².